The summed E-state index contributed by atoms with van der Waals surface area (Å²) in [6.45, 7) is 7.69. The maximum absolute atomic E-state index is 3.25. The third kappa shape index (κ3) is 7.87. The first kappa shape index (κ1) is 12.5. The van der Waals surface area contributed by atoms with Gasteiger partial charge >= 0.3 is 0 Å². The van der Waals surface area contributed by atoms with Crippen LogP contribution >= 0.6 is 0 Å². The van der Waals surface area contributed by atoms with E-state index in [1.54, 1.807) is 0 Å². The molecule has 1 heteroatoms. The van der Waals surface area contributed by atoms with Gasteiger partial charge < -0.3 is 0 Å². The fraction of sp³-hybridized carbons (Fsp3) is 0.833. The van der Waals surface area contributed by atoms with Crippen molar-refractivity contribution in [3.8, 4) is 11.8 Å². The summed E-state index contributed by atoms with van der Waals surface area (Å²) in [5.41, 5.74) is 0.397. The topological polar surface area (TPSA) is 3.24 Å². The molecule has 0 saturated heterocycles. The van der Waals surface area contributed by atoms with E-state index in [0.29, 0.717) is 5.41 Å². The van der Waals surface area contributed by atoms with Gasteiger partial charge in [0, 0.05) is 6.42 Å². The van der Waals surface area contributed by atoms with Crippen molar-refractivity contribution in [1.82, 2.24) is 4.90 Å². The number of nitrogens with zero attached hydrogens (tertiary/aromatic N) is 1. The van der Waals surface area contributed by atoms with Gasteiger partial charge in [-0.25, -0.2) is 0 Å². The molecule has 76 valence electrons. The van der Waals surface area contributed by atoms with E-state index in [2.05, 4.69) is 37.5 Å². The Hall–Kier alpha value is -0.480. The zero-order valence-corrected chi connectivity index (χ0v) is 9.78. The maximum atomic E-state index is 3.25. The van der Waals surface area contributed by atoms with Crippen LogP contribution in [-0.4, -0.2) is 25.5 Å². The molecule has 0 amide bonds. The maximum Gasteiger partial charge on any atom is 0.0596 e. The summed E-state index contributed by atoms with van der Waals surface area (Å²) < 4.78 is 0. The summed E-state index contributed by atoms with van der Waals surface area (Å²) in [5, 5.41) is 0. The Morgan fingerprint density at radius 3 is 2.23 bits per heavy atom. The molecule has 0 saturated carbocycles. The second kappa shape index (κ2) is 6.05. The summed E-state index contributed by atoms with van der Waals surface area (Å²) in [6, 6.07) is 0. The van der Waals surface area contributed by atoms with Crippen molar-refractivity contribution in [2.45, 2.75) is 40.0 Å². The highest BCUT2D eigenvalue weighted by Gasteiger charge is 2.14. The van der Waals surface area contributed by atoms with Crippen molar-refractivity contribution in [3.05, 3.63) is 0 Å². The molecule has 0 aromatic rings. The lowest BCUT2D eigenvalue weighted by atomic mass is 9.85. The zero-order chi connectivity index (χ0) is 10.3. The summed E-state index contributed by atoms with van der Waals surface area (Å²) in [4.78, 5) is 2.10. The van der Waals surface area contributed by atoms with Crippen molar-refractivity contribution in [2.75, 3.05) is 20.6 Å². The van der Waals surface area contributed by atoms with Crippen LogP contribution in [0.3, 0.4) is 0 Å². The highest BCUT2D eigenvalue weighted by atomic mass is 15.0. The van der Waals surface area contributed by atoms with Gasteiger partial charge in [0.25, 0.3) is 0 Å². The van der Waals surface area contributed by atoms with E-state index >= 15 is 0 Å². The summed E-state index contributed by atoms with van der Waals surface area (Å²) in [7, 11) is 4.09. The molecule has 0 aliphatic rings. The molecule has 0 atom stereocenters. The van der Waals surface area contributed by atoms with Crippen molar-refractivity contribution < 1.29 is 0 Å². The Kier molecular flexibility index (Phi) is 5.82. The molecule has 0 aromatic heterocycles. The first-order chi connectivity index (χ1) is 5.98. The van der Waals surface area contributed by atoms with Crippen LogP contribution in [0.15, 0.2) is 0 Å². The first-order valence-corrected chi connectivity index (χ1v) is 5.08. The normalized spacial score (nSPS) is 11.2. The molecule has 1 nitrogen and oxygen atoms in total. The lowest BCUT2D eigenvalue weighted by Crippen LogP contribution is -2.12. The highest BCUT2D eigenvalue weighted by Crippen LogP contribution is 2.25. The van der Waals surface area contributed by atoms with Gasteiger partial charge in [-0.2, -0.15) is 0 Å². The van der Waals surface area contributed by atoms with Gasteiger partial charge in [0.15, 0.2) is 0 Å². The number of hydrogen-bond acceptors (Lipinski definition) is 1. The Morgan fingerprint density at radius 2 is 1.77 bits per heavy atom. The molecule has 0 aliphatic carbocycles. The van der Waals surface area contributed by atoms with E-state index in [4.69, 9.17) is 0 Å². The molecule has 0 bridgehead atoms. The number of hydrogen-bond donors (Lipinski definition) is 0. The molecule has 0 radical (unpaired) electrons. The van der Waals surface area contributed by atoms with Crippen LogP contribution in [0.25, 0.3) is 0 Å². The molecule has 0 fully saturated rings. The molecule has 13 heavy (non-hydrogen) atoms. The van der Waals surface area contributed by atoms with E-state index in [1.807, 2.05) is 14.1 Å². The molecule has 0 heterocycles. The minimum atomic E-state index is 0.397. The van der Waals surface area contributed by atoms with Gasteiger partial charge in [0.2, 0.25) is 0 Å². The monoisotopic (exact) mass is 181 g/mol. The van der Waals surface area contributed by atoms with Crippen LogP contribution in [0.4, 0.5) is 0 Å². The van der Waals surface area contributed by atoms with Gasteiger partial charge in [0.1, 0.15) is 0 Å². The zero-order valence-electron chi connectivity index (χ0n) is 9.78. The molecular weight excluding hydrogens is 158 g/mol. The van der Waals surface area contributed by atoms with Gasteiger partial charge in [-0.15, -0.1) is 5.92 Å². The standard InChI is InChI=1S/C12H23N/c1-6-9-12(2,3)10-7-8-11-13(4)5/h6,9-11H2,1-5H3. The van der Waals surface area contributed by atoms with E-state index in [-0.39, 0.29) is 0 Å². The lowest BCUT2D eigenvalue weighted by Gasteiger charge is -2.20. The minimum Gasteiger partial charge on any atom is -0.299 e. The summed E-state index contributed by atoms with van der Waals surface area (Å²) >= 11 is 0. The predicted octanol–water partition coefficient (Wildman–Crippen LogP) is 2.77. The first-order valence-electron chi connectivity index (χ1n) is 5.08. The van der Waals surface area contributed by atoms with Gasteiger partial charge in [0.05, 0.1) is 6.54 Å². The highest BCUT2D eigenvalue weighted by molar-refractivity contribution is 5.03. The fourth-order valence-corrected chi connectivity index (χ4v) is 1.28. The van der Waals surface area contributed by atoms with Crippen LogP contribution in [0, 0.1) is 17.3 Å². The predicted molar refractivity (Wildman–Crippen MR) is 59.6 cm³/mol. The molecule has 0 spiro atoms. The van der Waals surface area contributed by atoms with Crippen LogP contribution < -0.4 is 0 Å². The average molecular weight is 181 g/mol. The lowest BCUT2D eigenvalue weighted by molar-refractivity contribution is 0.341. The fourth-order valence-electron chi connectivity index (χ4n) is 1.28. The third-order valence-electron chi connectivity index (χ3n) is 2.01. The second-order valence-electron chi connectivity index (χ2n) is 4.68. The molecule has 0 aliphatic heterocycles. The van der Waals surface area contributed by atoms with Crippen molar-refractivity contribution in [2.24, 2.45) is 5.41 Å². The van der Waals surface area contributed by atoms with Crippen LogP contribution in [0.5, 0.6) is 0 Å². The van der Waals surface area contributed by atoms with E-state index in [0.717, 1.165) is 13.0 Å². The molecule has 0 N–H and O–H groups in total. The summed E-state index contributed by atoms with van der Waals surface area (Å²) in [6.07, 6.45) is 3.54. The van der Waals surface area contributed by atoms with E-state index in [9.17, 15) is 0 Å². The van der Waals surface area contributed by atoms with E-state index in [1.165, 1.54) is 12.8 Å². The van der Waals surface area contributed by atoms with Crippen molar-refractivity contribution in [1.29, 1.82) is 0 Å². The Labute approximate surface area is 83.5 Å². The Balaban J connectivity index is 3.76. The molecular formula is C12H23N. The largest absolute Gasteiger partial charge is 0.299 e. The van der Waals surface area contributed by atoms with Gasteiger partial charge in [-0.05, 0) is 25.9 Å². The second-order valence-corrected chi connectivity index (χ2v) is 4.68. The molecule has 0 aromatic carbocycles. The third-order valence-corrected chi connectivity index (χ3v) is 2.01. The Bertz CT molecular complexity index is 181. The SMILES string of the molecule is CCCC(C)(C)CC#CCN(C)C. The minimum absolute atomic E-state index is 0.397. The van der Waals surface area contributed by atoms with Gasteiger partial charge in [-0.3, -0.25) is 4.90 Å². The van der Waals surface area contributed by atoms with Crippen LogP contribution in [0.1, 0.15) is 40.0 Å². The van der Waals surface area contributed by atoms with Crippen molar-refractivity contribution >= 4 is 0 Å². The summed E-state index contributed by atoms with van der Waals surface area (Å²) in [5.74, 6) is 6.43. The van der Waals surface area contributed by atoms with Crippen LogP contribution in [0.2, 0.25) is 0 Å². The average Bonchev–Trinajstić information content (AvgIpc) is 1.98. The Morgan fingerprint density at radius 1 is 1.15 bits per heavy atom. The molecule has 0 rings (SSSR count). The van der Waals surface area contributed by atoms with Crippen molar-refractivity contribution in [3.63, 3.8) is 0 Å². The number of rotatable bonds is 4. The quantitative estimate of drug-likeness (QED) is 0.603. The van der Waals surface area contributed by atoms with Crippen LogP contribution in [-0.2, 0) is 0 Å². The molecule has 0 unspecified atom stereocenters. The smallest absolute Gasteiger partial charge is 0.0596 e. The van der Waals surface area contributed by atoms with Gasteiger partial charge in [-0.1, -0.05) is 33.1 Å². The van der Waals surface area contributed by atoms with E-state index < -0.39 is 0 Å².